The van der Waals surface area contributed by atoms with E-state index in [2.05, 4.69) is 52.8 Å². The van der Waals surface area contributed by atoms with Crippen molar-refractivity contribution in [2.75, 3.05) is 20.6 Å². The molecule has 1 aromatic heterocycles. The Morgan fingerprint density at radius 3 is 2.82 bits per heavy atom. The van der Waals surface area contributed by atoms with Crippen LogP contribution >= 0.6 is 15.9 Å². The fourth-order valence-electron chi connectivity index (χ4n) is 2.27. The number of aliphatic imine (C=N–C) groups is 1. The highest BCUT2D eigenvalue weighted by atomic mass is 79.9. The molecule has 0 aliphatic heterocycles. The minimum atomic E-state index is 0.797. The minimum Gasteiger partial charge on any atom is -0.354 e. The summed E-state index contributed by atoms with van der Waals surface area (Å²) in [5, 5.41) is 3.39. The lowest BCUT2D eigenvalue weighted by molar-refractivity contribution is 0.472. The van der Waals surface area contributed by atoms with Gasteiger partial charge in [0, 0.05) is 50.6 Å². The van der Waals surface area contributed by atoms with Crippen molar-refractivity contribution in [3.63, 3.8) is 0 Å². The summed E-state index contributed by atoms with van der Waals surface area (Å²) in [4.78, 5) is 10.7. The van der Waals surface area contributed by atoms with E-state index in [0.717, 1.165) is 35.9 Å². The predicted octanol–water partition coefficient (Wildman–Crippen LogP) is 2.66. The first-order valence-electron chi connectivity index (χ1n) is 7.24. The SMILES string of the molecule is CN=C(NCCn1ccnc1C)N(C)Cc1ccccc1Br. The molecule has 1 aromatic carbocycles. The average Bonchev–Trinajstić information content (AvgIpc) is 2.91. The Kier molecular flexibility index (Phi) is 6.00. The number of rotatable bonds is 5. The van der Waals surface area contributed by atoms with Crippen molar-refractivity contribution < 1.29 is 0 Å². The van der Waals surface area contributed by atoms with Gasteiger partial charge < -0.3 is 14.8 Å². The zero-order valence-electron chi connectivity index (χ0n) is 13.3. The quantitative estimate of drug-likeness (QED) is 0.656. The van der Waals surface area contributed by atoms with Crippen molar-refractivity contribution in [2.24, 2.45) is 4.99 Å². The van der Waals surface area contributed by atoms with Crippen LogP contribution in [0.4, 0.5) is 0 Å². The van der Waals surface area contributed by atoms with Gasteiger partial charge in [0.1, 0.15) is 5.82 Å². The van der Waals surface area contributed by atoms with Gasteiger partial charge in [-0.05, 0) is 18.6 Å². The van der Waals surface area contributed by atoms with Crippen LogP contribution in [0.1, 0.15) is 11.4 Å². The first-order chi connectivity index (χ1) is 10.6. The number of aryl methyl sites for hydroxylation is 1. The summed E-state index contributed by atoms with van der Waals surface area (Å²) >= 11 is 3.59. The Bertz CT molecular complexity index is 635. The Hall–Kier alpha value is -1.82. The van der Waals surface area contributed by atoms with Gasteiger partial charge in [0.25, 0.3) is 0 Å². The molecule has 0 aliphatic carbocycles. The van der Waals surface area contributed by atoms with Crippen LogP contribution in [0.5, 0.6) is 0 Å². The molecule has 0 amide bonds. The third kappa shape index (κ3) is 4.34. The summed E-state index contributed by atoms with van der Waals surface area (Å²) in [5.41, 5.74) is 1.23. The predicted molar refractivity (Wildman–Crippen MR) is 93.9 cm³/mol. The molecule has 0 atom stereocenters. The molecule has 5 nitrogen and oxygen atoms in total. The number of hydrogen-bond acceptors (Lipinski definition) is 2. The zero-order valence-corrected chi connectivity index (χ0v) is 14.8. The van der Waals surface area contributed by atoms with Crippen LogP contribution in [0, 0.1) is 6.92 Å². The monoisotopic (exact) mass is 363 g/mol. The van der Waals surface area contributed by atoms with E-state index in [1.807, 2.05) is 38.5 Å². The first kappa shape index (κ1) is 16.5. The van der Waals surface area contributed by atoms with Crippen LogP contribution in [-0.2, 0) is 13.1 Å². The van der Waals surface area contributed by atoms with Crippen molar-refractivity contribution in [3.8, 4) is 0 Å². The Morgan fingerprint density at radius 1 is 1.41 bits per heavy atom. The van der Waals surface area contributed by atoms with Crippen LogP contribution in [-0.4, -0.2) is 41.1 Å². The molecule has 6 heteroatoms. The number of nitrogens with zero attached hydrogens (tertiary/aromatic N) is 4. The number of halogens is 1. The van der Waals surface area contributed by atoms with Crippen LogP contribution in [0.25, 0.3) is 0 Å². The standard InChI is InChI=1S/C16H22BrN5/c1-13-19-8-10-22(13)11-9-20-16(18-2)21(3)12-14-6-4-5-7-15(14)17/h4-8,10H,9,11-12H2,1-3H3,(H,18,20). The Morgan fingerprint density at radius 2 is 2.18 bits per heavy atom. The van der Waals surface area contributed by atoms with E-state index < -0.39 is 0 Å². The molecule has 2 aromatic rings. The van der Waals surface area contributed by atoms with Crippen molar-refractivity contribution >= 4 is 21.9 Å². The van der Waals surface area contributed by atoms with Gasteiger partial charge in [-0.25, -0.2) is 4.98 Å². The maximum absolute atomic E-state index is 4.35. The van der Waals surface area contributed by atoms with Crippen LogP contribution in [0.15, 0.2) is 46.1 Å². The molecular formula is C16H22BrN5. The van der Waals surface area contributed by atoms with Crippen LogP contribution < -0.4 is 5.32 Å². The van der Waals surface area contributed by atoms with Gasteiger partial charge in [0.2, 0.25) is 0 Å². The van der Waals surface area contributed by atoms with Crippen LogP contribution in [0.2, 0.25) is 0 Å². The summed E-state index contributed by atoms with van der Waals surface area (Å²) in [6, 6.07) is 8.24. The number of hydrogen-bond donors (Lipinski definition) is 1. The third-order valence-corrected chi connectivity index (χ3v) is 4.27. The highest BCUT2D eigenvalue weighted by molar-refractivity contribution is 9.10. The molecule has 0 fully saturated rings. The first-order valence-corrected chi connectivity index (χ1v) is 8.04. The molecule has 0 radical (unpaired) electrons. The van der Waals surface area contributed by atoms with Crippen molar-refractivity contribution in [1.29, 1.82) is 0 Å². The minimum absolute atomic E-state index is 0.797. The highest BCUT2D eigenvalue weighted by Crippen LogP contribution is 2.17. The van der Waals surface area contributed by atoms with Gasteiger partial charge in [-0.1, -0.05) is 34.1 Å². The van der Waals surface area contributed by atoms with E-state index in [1.165, 1.54) is 5.56 Å². The van der Waals surface area contributed by atoms with Crippen molar-refractivity contribution in [1.82, 2.24) is 19.8 Å². The lowest BCUT2D eigenvalue weighted by atomic mass is 10.2. The van der Waals surface area contributed by atoms with E-state index in [-0.39, 0.29) is 0 Å². The fraction of sp³-hybridized carbons (Fsp3) is 0.375. The molecule has 0 saturated carbocycles. The summed E-state index contributed by atoms with van der Waals surface area (Å²) < 4.78 is 3.24. The van der Waals surface area contributed by atoms with Crippen LogP contribution in [0.3, 0.4) is 0 Å². The maximum atomic E-state index is 4.35. The molecule has 22 heavy (non-hydrogen) atoms. The van der Waals surface area contributed by atoms with E-state index in [0.29, 0.717) is 0 Å². The van der Waals surface area contributed by atoms with Gasteiger partial charge in [-0.2, -0.15) is 0 Å². The van der Waals surface area contributed by atoms with E-state index in [1.54, 1.807) is 7.05 Å². The third-order valence-electron chi connectivity index (χ3n) is 3.50. The second-order valence-corrected chi connectivity index (χ2v) is 5.94. The van der Waals surface area contributed by atoms with Gasteiger partial charge >= 0.3 is 0 Å². The maximum Gasteiger partial charge on any atom is 0.193 e. The molecule has 0 unspecified atom stereocenters. The summed E-state index contributed by atoms with van der Waals surface area (Å²) in [6.07, 6.45) is 3.81. The van der Waals surface area contributed by atoms with Gasteiger partial charge in [0.05, 0.1) is 0 Å². The molecule has 0 aliphatic rings. The van der Waals surface area contributed by atoms with E-state index in [9.17, 15) is 0 Å². The molecule has 0 bridgehead atoms. The highest BCUT2D eigenvalue weighted by Gasteiger charge is 2.08. The lowest BCUT2D eigenvalue weighted by Gasteiger charge is -2.23. The van der Waals surface area contributed by atoms with Crippen molar-refractivity contribution in [2.45, 2.75) is 20.0 Å². The smallest absolute Gasteiger partial charge is 0.193 e. The topological polar surface area (TPSA) is 45.5 Å². The van der Waals surface area contributed by atoms with E-state index in [4.69, 9.17) is 0 Å². The van der Waals surface area contributed by atoms with Gasteiger partial charge in [-0.3, -0.25) is 4.99 Å². The summed E-state index contributed by atoms with van der Waals surface area (Å²) in [6.45, 7) is 4.48. The Balaban J connectivity index is 1.88. The second kappa shape index (κ2) is 7.98. The second-order valence-electron chi connectivity index (χ2n) is 5.09. The molecule has 2 rings (SSSR count). The number of imidazole rings is 1. The lowest BCUT2D eigenvalue weighted by Crippen LogP contribution is -2.39. The number of aromatic nitrogens is 2. The molecule has 118 valence electrons. The summed E-state index contributed by atoms with van der Waals surface area (Å²) in [5.74, 6) is 1.91. The Labute approximate surface area is 140 Å². The molecular weight excluding hydrogens is 342 g/mol. The fourth-order valence-corrected chi connectivity index (χ4v) is 2.68. The average molecular weight is 364 g/mol. The van der Waals surface area contributed by atoms with Gasteiger partial charge in [-0.15, -0.1) is 0 Å². The number of guanidine groups is 1. The molecule has 0 spiro atoms. The van der Waals surface area contributed by atoms with Crippen molar-refractivity contribution in [3.05, 3.63) is 52.5 Å². The molecule has 0 saturated heterocycles. The number of nitrogens with one attached hydrogen (secondary N) is 1. The zero-order chi connectivity index (χ0) is 15.9. The molecule has 1 N–H and O–H groups in total. The molecule has 1 heterocycles. The normalized spacial score (nSPS) is 11.5. The van der Waals surface area contributed by atoms with Gasteiger partial charge in [0.15, 0.2) is 5.96 Å². The van der Waals surface area contributed by atoms with E-state index >= 15 is 0 Å². The largest absolute Gasteiger partial charge is 0.354 e. The summed E-state index contributed by atoms with van der Waals surface area (Å²) in [7, 11) is 3.85. The number of benzene rings is 1.